The van der Waals surface area contributed by atoms with E-state index in [1.807, 2.05) is 23.2 Å². The Morgan fingerprint density at radius 1 is 1.53 bits per heavy atom. The van der Waals surface area contributed by atoms with Crippen LogP contribution < -0.4 is 10.6 Å². The van der Waals surface area contributed by atoms with Crippen LogP contribution in [-0.2, 0) is 11.3 Å². The Hall–Kier alpha value is -0.520. The molecule has 0 radical (unpaired) electrons. The first-order chi connectivity index (χ1) is 7.94. The Balaban J connectivity index is 2.47. The highest BCUT2D eigenvalue weighted by molar-refractivity contribution is 7.99. The summed E-state index contributed by atoms with van der Waals surface area (Å²) in [5.41, 5.74) is 0.928. The maximum Gasteiger partial charge on any atom is 0.221 e. The van der Waals surface area contributed by atoms with E-state index in [0.717, 1.165) is 18.8 Å². The zero-order valence-corrected chi connectivity index (χ0v) is 12.4. The fourth-order valence-corrected chi connectivity index (χ4v) is 2.37. The summed E-state index contributed by atoms with van der Waals surface area (Å²) >= 11 is 3.52. The van der Waals surface area contributed by atoms with E-state index in [2.05, 4.69) is 30.7 Å². The minimum atomic E-state index is -0.0194. The number of thioether (sulfide) groups is 1. The van der Waals surface area contributed by atoms with Crippen molar-refractivity contribution in [3.8, 4) is 0 Å². The van der Waals surface area contributed by atoms with Crippen LogP contribution in [-0.4, -0.2) is 23.5 Å². The lowest BCUT2D eigenvalue weighted by Gasteiger charge is -2.22. The summed E-state index contributed by atoms with van der Waals surface area (Å²) in [5.74, 6) is -0.0194. The summed E-state index contributed by atoms with van der Waals surface area (Å²) in [7, 11) is 0. The Labute approximate surface area is 111 Å². The van der Waals surface area contributed by atoms with Crippen LogP contribution in [0.2, 0.25) is 0 Å². The Morgan fingerprint density at radius 2 is 2.24 bits per heavy atom. The van der Waals surface area contributed by atoms with Gasteiger partial charge in [0.25, 0.3) is 0 Å². The van der Waals surface area contributed by atoms with Crippen LogP contribution in [0.15, 0.2) is 11.4 Å². The van der Waals surface area contributed by atoms with E-state index in [1.54, 1.807) is 11.3 Å². The normalized spacial score (nSPS) is 11.5. The molecule has 0 saturated heterocycles. The molecule has 3 nitrogen and oxygen atoms in total. The van der Waals surface area contributed by atoms with Gasteiger partial charge in [0.1, 0.15) is 0 Å². The summed E-state index contributed by atoms with van der Waals surface area (Å²) in [6, 6.07) is 1.95. The third-order valence-electron chi connectivity index (χ3n) is 2.44. The van der Waals surface area contributed by atoms with Gasteiger partial charge in [0.15, 0.2) is 0 Å². The van der Waals surface area contributed by atoms with E-state index in [1.165, 1.54) is 11.8 Å². The van der Waals surface area contributed by atoms with Crippen molar-refractivity contribution in [3.05, 3.63) is 16.3 Å². The van der Waals surface area contributed by atoms with Crippen molar-refractivity contribution in [1.82, 2.24) is 5.32 Å². The molecule has 0 saturated carbocycles. The molecule has 0 spiro atoms. The van der Waals surface area contributed by atoms with Crippen LogP contribution in [0.25, 0.3) is 0 Å². The first kappa shape index (κ1) is 14.5. The van der Waals surface area contributed by atoms with Gasteiger partial charge in [0.05, 0.1) is 5.69 Å². The highest BCUT2D eigenvalue weighted by atomic mass is 32.2. The maximum atomic E-state index is 11.0. The van der Waals surface area contributed by atoms with E-state index in [4.69, 9.17) is 0 Å². The molecule has 0 atom stereocenters. The minimum absolute atomic E-state index is 0.0194. The SMILES string of the molecule is CSC(C)(C)CNCc1sccc1NC(C)=O. The van der Waals surface area contributed by atoms with Crippen molar-refractivity contribution in [2.75, 3.05) is 18.1 Å². The second-order valence-corrected chi connectivity index (χ2v) is 7.02. The van der Waals surface area contributed by atoms with Crippen LogP contribution >= 0.6 is 23.1 Å². The van der Waals surface area contributed by atoms with E-state index in [0.29, 0.717) is 0 Å². The molecule has 1 heterocycles. The van der Waals surface area contributed by atoms with Crippen molar-refractivity contribution < 1.29 is 4.79 Å². The van der Waals surface area contributed by atoms with Gasteiger partial charge in [-0.1, -0.05) is 0 Å². The zero-order valence-electron chi connectivity index (χ0n) is 10.8. The van der Waals surface area contributed by atoms with Crippen LogP contribution in [0.4, 0.5) is 5.69 Å². The molecule has 0 aliphatic rings. The van der Waals surface area contributed by atoms with Gasteiger partial charge in [-0.25, -0.2) is 0 Å². The van der Waals surface area contributed by atoms with Gasteiger partial charge >= 0.3 is 0 Å². The first-order valence-electron chi connectivity index (χ1n) is 5.54. The molecule has 17 heavy (non-hydrogen) atoms. The largest absolute Gasteiger partial charge is 0.325 e. The summed E-state index contributed by atoms with van der Waals surface area (Å²) in [6.45, 7) is 7.72. The number of thiophene rings is 1. The molecule has 0 unspecified atom stereocenters. The maximum absolute atomic E-state index is 11.0. The van der Waals surface area contributed by atoms with Gasteiger partial charge in [0.2, 0.25) is 5.91 Å². The van der Waals surface area contributed by atoms with E-state index in [9.17, 15) is 4.79 Å². The highest BCUT2D eigenvalue weighted by Crippen LogP contribution is 2.23. The molecule has 1 amide bonds. The lowest BCUT2D eigenvalue weighted by Crippen LogP contribution is -2.31. The fraction of sp³-hybridized carbons (Fsp3) is 0.583. The lowest BCUT2D eigenvalue weighted by atomic mass is 10.2. The molecule has 0 aliphatic carbocycles. The molecule has 5 heteroatoms. The van der Waals surface area contributed by atoms with Gasteiger partial charge in [-0.15, -0.1) is 11.3 Å². The molecule has 2 N–H and O–H groups in total. The molecule has 1 rings (SSSR count). The number of carbonyl (C=O) groups excluding carboxylic acids is 1. The standard InChI is InChI=1S/C12H20N2OS2/c1-9(15)14-10-5-6-17-11(10)7-13-8-12(2,3)16-4/h5-6,13H,7-8H2,1-4H3,(H,14,15). The second-order valence-electron chi connectivity index (χ2n) is 4.51. The van der Waals surface area contributed by atoms with Gasteiger partial charge in [-0.2, -0.15) is 11.8 Å². The predicted octanol–water partition coefficient (Wildman–Crippen LogP) is 2.94. The molecule has 96 valence electrons. The molecule has 1 aromatic heterocycles. The summed E-state index contributed by atoms with van der Waals surface area (Å²) in [5, 5.41) is 8.27. The van der Waals surface area contributed by atoms with Crippen LogP contribution in [0.5, 0.6) is 0 Å². The van der Waals surface area contributed by atoms with E-state index < -0.39 is 0 Å². The lowest BCUT2D eigenvalue weighted by molar-refractivity contribution is -0.114. The molecule has 0 aliphatic heterocycles. The average molecular weight is 272 g/mol. The second kappa shape index (κ2) is 6.42. The third kappa shape index (κ3) is 5.10. The van der Waals surface area contributed by atoms with Crippen molar-refractivity contribution in [3.63, 3.8) is 0 Å². The number of hydrogen-bond donors (Lipinski definition) is 2. The highest BCUT2D eigenvalue weighted by Gasteiger charge is 2.15. The van der Waals surface area contributed by atoms with Crippen molar-refractivity contribution in [1.29, 1.82) is 0 Å². The van der Waals surface area contributed by atoms with Crippen molar-refractivity contribution in [2.45, 2.75) is 32.1 Å². The number of anilines is 1. The number of carbonyl (C=O) groups is 1. The molecule has 1 aromatic rings. The Bertz CT molecular complexity index is 374. The number of rotatable bonds is 6. The summed E-state index contributed by atoms with van der Waals surface area (Å²) in [4.78, 5) is 12.2. The minimum Gasteiger partial charge on any atom is -0.325 e. The summed E-state index contributed by atoms with van der Waals surface area (Å²) in [6.07, 6.45) is 2.12. The van der Waals surface area contributed by atoms with Gasteiger partial charge in [-0.3, -0.25) is 4.79 Å². The first-order valence-corrected chi connectivity index (χ1v) is 7.65. The monoisotopic (exact) mass is 272 g/mol. The van der Waals surface area contributed by atoms with Crippen LogP contribution in [0.1, 0.15) is 25.6 Å². The van der Waals surface area contributed by atoms with Crippen molar-refractivity contribution in [2.24, 2.45) is 0 Å². The molecular weight excluding hydrogens is 252 g/mol. The number of nitrogens with one attached hydrogen (secondary N) is 2. The third-order valence-corrected chi connectivity index (χ3v) is 4.62. The molecular formula is C12H20N2OS2. The number of amides is 1. The zero-order chi connectivity index (χ0) is 12.9. The van der Waals surface area contributed by atoms with Crippen LogP contribution in [0.3, 0.4) is 0 Å². The molecule has 0 aromatic carbocycles. The average Bonchev–Trinajstić information content (AvgIpc) is 2.65. The number of hydrogen-bond acceptors (Lipinski definition) is 4. The fourth-order valence-electron chi connectivity index (χ4n) is 1.33. The topological polar surface area (TPSA) is 41.1 Å². The quantitative estimate of drug-likeness (QED) is 0.836. The van der Waals surface area contributed by atoms with Gasteiger partial charge in [0, 0.05) is 29.6 Å². The van der Waals surface area contributed by atoms with E-state index >= 15 is 0 Å². The van der Waals surface area contributed by atoms with Gasteiger partial charge in [-0.05, 0) is 31.5 Å². The molecule has 0 bridgehead atoms. The predicted molar refractivity (Wildman–Crippen MR) is 77.9 cm³/mol. The summed E-state index contributed by atoms with van der Waals surface area (Å²) < 4.78 is 0.241. The Kier molecular flexibility index (Phi) is 5.49. The van der Waals surface area contributed by atoms with Crippen LogP contribution in [0, 0.1) is 0 Å². The molecule has 0 fully saturated rings. The van der Waals surface area contributed by atoms with Gasteiger partial charge < -0.3 is 10.6 Å². The van der Waals surface area contributed by atoms with E-state index in [-0.39, 0.29) is 10.7 Å². The van der Waals surface area contributed by atoms with Crippen molar-refractivity contribution >= 4 is 34.7 Å². The smallest absolute Gasteiger partial charge is 0.221 e. The Morgan fingerprint density at radius 3 is 2.82 bits per heavy atom.